The number of piperidine rings is 1. The molecule has 20 heavy (non-hydrogen) atoms. The van der Waals surface area contributed by atoms with Crippen LogP contribution in [0.15, 0.2) is 18.2 Å². The maximum Gasteiger partial charge on any atom is 0.250 e. The maximum absolute atomic E-state index is 11.7. The molecule has 1 fully saturated rings. The second-order valence-corrected chi connectivity index (χ2v) is 5.77. The first kappa shape index (κ1) is 14.9. The number of carbonyl (C=O) groups is 1. The number of hydrogen-bond donors (Lipinski definition) is 2. The quantitative estimate of drug-likeness (QED) is 0.883. The second-order valence-electron chi connectivity index (χ2n) is 5.77. The van der Waals surface area contributed by atoms with Crippen LogP contribution in [0.2, 0.25) is 0 Å². The van der Waals surface area contributed by atoms with Gasteiger partial charge in [0.2, 0.25) is 0 Å². The van der Waals surface area contributed by atoms with Crippen molar-refractivity contribution in [1.82, 2.24) is 0 Å². The van der Waals surface area contributed by atoms with Gasteiger partial charge in [0.15, 0.2) is 0 Å². The molecule has 0 aromatic heterocycles. The number of amides is 1. The summed E-state index contributed by atoms with van der Waals surface area (Å²) in [6, 6.07) is 6.11. The number of benzene rings is 1. The van der Waals surface area contributed by atoms with Gasteiger partial charge in [0.1, 0.15) is 0 Å². The number of nitrogens with two attached hydrogens (primary N) is 2. The predicted octanol–water partition coefficient (Wildman–Crippen LogP) is 2.05. The van der Waals surface area contributed by atoms with E-state index in [1.54, 1.807) is 0 Å². The van der Waals surface area contributed by atoms with Gasteiger partial charge in [-0.15, -0.1) is 0 Å². The summed E-state index contributed by atoms with van der Waals surface area (Å²) in [6.45, 7) is 5.83. The van der Waals surface area contributed by atoms with Crippen LogP contribution < -0.4 is 16.4 Å². The fraction of sp³-hybridized carbons (Fsp3) is 0.562. The molecule has 1 heterocycles. The summed E-state index contributed by atoms with van der Waals surface area (Å²) in [4.78, 5) is 13.9. The van der Waals surface area contributed by atoms with E-state index in [4.69, 9.17) is 11.5 Å². The fourth-order valence-corrected chi connectivity index (χ4v) is 3.13. The maximum atomic E-state index is 11.7. The Morgan fingerprint density at radius 1 is 1.45 bits per heavy atom. The molecule has 0 aliphatic carbocycles. The first-order chi connectivity index (χ1) is 9.56. The molecule has 1 aliphatic rings. The van der Waals surface area contributed by atoms with Crippen molar-refractivity contribution < 1.29 is 4.79 Å². The molecule has 1 aromatic carbocycles. The lowest BCUT2D eigenvalue weighted by atomic mass is 9.88. The minimum Gasteiger partial charge on any atom is -0.367 e. The standard InChI is InChI=1S/C16H25N3O/c1-3-12-6-7-19(13(9-12)10-17)15-8-11(2)4-5-14(15)16(18)20/h4-5,8,12-13H,3,6-7,9-10,17H2,1-2H3,(H2,18,20). The van der Waals surface area contributed by atoms with E-state index in [0.29, 0.717) is 18.2 Å². The van der Waals surface area contributed by atoms with Gasteiger partial charge in [-0.2, -0.15) is 0 Å². The molecule has 4 N–H and O–H groups in total. The molecule has 0 bridgehead atoms. The second kappa shape index (κ2) is 6.27. The van der Waals surface area contributed by atoms with E-state index in [9.17, 15) is 4.79 Å². The molecule has 110 valence electrons. The van der Waals surface area contributed by atoms with Crippen LogP contribution in [-0.4, -0.2) is 25.0 Å². The smallest absolute Gasteiger partial charge is 0.250 e. The zero-order valence-electron chi connectivity index (χ0n) is 12.4. The van der Waals surface area contributed by atoms with Crippen molar-refractivity contribution in [1.29, 1.82) is 0 Å². The highest BCUT2D eigenvalue weighted by molar-refractivity contribution is 5.98. The summed E-state index contributed by atoms with van der Waals surface area (Å²) >= 11 is 0. The van der Waals surface area contributed by atoms with E-state index in [2.05, 4.69) is 17.9 Å². The molecule has 0 spiro atoms. The highest BCUT2D eigenvalue weighted by Gasteiger charge is 2.28. The molecule has 1 amide bonds. The minimum absolute atomic E-state index is 0.300. The van der Waals surface area contributed by atoms with Gasteiger partial charge in [0, 0.05) is 19.1 Å². The first-order valence-electron chi connectivity index (χ1n) is 7.44. The van der Waals surface area contributed by atoms with E-state index < -0.39 is 0 Å². The fourth-order valence-electron chi connectivity index (χ4n) is 3.13. The third-order valence-electron chi connectivity index (χ3n) is 4.40. The van der Waals surface area contributed by atoms with E-state index >= 15 is 0 Å². The molecule has 4 heteroatoms. The Bertz CT molecular complexity index is 487. The van der Waals surface area contributed by atoms with Gasteiger partial charge in [-0.3, -0.25) is 4.79 Å². The molecule has 1 aliphatic heterocycles. The first-order valence-corrected chi connectivity index (χ1v) is 7.44. The van der Waals surface area contributed by atoms with Crippen LogP contribution in [0.1, 0.15) is 42.1 Å². The molecule has 0 saturated carbocycles. The topological polar surface area (TPSA) is 72.3 Å². The van der Waals surface area contributed by atoms with Crippen LogP contribution in [0.25, 0.3) is 0 Å². The SMILES string of the molecule is CCC1CCN(c2cc(C)ccc2C(N)=O)C(CN)C1. The number of nitrogens with zero attached hydrogens (tertiary/aromatic N) is 1. The highest BCUT2D eigenvalue weighted by atomic mass is 16.1. The van der Waals surface area contributed by atoms with E-state index in [1.807, 2.05) is 19.1 Å². The third kappa shape index (κ3) is 2.96. The van der Waals surface area contributed by atoms with Crippen molar-refractivity contribution >= 4 is 11.6 Å². The average Bonchev–Trinajstić information content (AvgIpc) is 2.46. The van der Waals surface area contributed by atoms with Crippen molar-refractivity contribution in [2.75, 3.05) is 18.0 Å². The number of aryl methyl sites for hydroxylation is 1. The normalized spacial score (nSPS) is 22.9. The summed E-state index contributed by atoms with van der Waals surface area (Å²) in [5, 5.41) is 0. The summed E-state index contributed by atoms with van der Waals surface area (Å²) < 4.78 is 0. The Morgan fingerprint density at radius 3 is 2.80 bits per heavy atom. The Hall–Kier alpha value is -1.55. The van der Waals surface area contributed by atoms with E-state index in [-0.39, 0.29) is 5.91 Å². The lowest BCUT2D eigenvalue weighted by molar-refractivity contribution is 0.100. The van der Waals surface area contributed by atoms with Gasteiger partial charge in [0.25, 0.3) is 5.91 Å². The van der Waals surface area contributed by atoms with Crippen LogP contribution in [0.3, 0.4) is 0 Å². The Balaban J connectivity index is 2.34. The van der Waals surface area contributed by atoms with Gasteiger partial charge in [0.05, 0.1) is 11.3 Å². The molecule has 2 atom stereocenters. The van der Waals surface area contributed by atoms with Crippen molar-refractivity contribution in [3.63, 3.8) is 0 Å². The van der Waals surface area contributed by atoms with E-state index in [0.717, 1.165) is 36.6 Å². The number of anilines is 1. The molecule has 0 radical (unpaired) electrons. The van der Waals surface area contributed by atoms with Crippen LogP contribution in [0, 0.1) is 12.8 Å². The Kier molecular flexibility index (Phi) is 4.65. The van der Waals surface area contributed by atoms with Gasteiger partial charge in [-0.25, -0.2) is 0 Å². The van der Waals surface area contributed by atoms with Crippen LogP contribution in [-0.2, 0) is 0 Å². The van der Waals surface area contributed by atoms with Gasteiger partial charge in [-0.1, -0.05) is 19.4 Å². The molecular formula is C16H25N3O. The number of carbonyl (C=O) groups excluding carboxylic acids is 1. The van der Waals surface area contributed by atoms with Crippen LogP contribution in [0.5, 0.6) is 0 Å². The van der Waals surface area contributed by atoms with Gasteiger partial charge in [-0.05, 0) is 43.4 Å². The average molecular weight is 275 g/mol. The Labute approximate surface area is 121 Å². The molecule has 1 aromatic rings. The number of primary amides is 1. The van der Waals surface area contributed by atoms with Crippen molar-refractivity contribution in [3.05, 3.63) is 29.3 Å². The summed E-state index contributed by atoms with van der Waals surface area (Å²) in [5.74, 6) is 0.370. The summed E-state index contributed by atoms with van der Waals surface area (Å²) in [7, 11) is 0. The minimum atomic E-state index is -0.367. The lowest BCUT2D eigenvalue weighted by Gasteiger charge is -2.41. The summed E-state index contributed by atoms with van der Waals surface area (Å²) in [5.41, 5.74) is 14.2. The number of hydrogen-bond acceptors (Lipinski definition) is 3. The number of rotatable bonds is 4. The predicted molar refractivity (Wildman–Crippen MR) is 82.9 cm³/mol. The van der Waals surface area contributed by atoms with Crippen LogP contribution >= 0.6 is 0 Å². The van der Waals surface area contributed by atoms with Crippen molar-refractivity contribution in [3.8, 4) is 0 Å². The van der Waals surface area contributed by atoms with Crippen LogP contribution in [0.4, 0.5) is 5.69 Å². The van der Waals surface area contributed by atoms with E-state index in [1.165, 1.54) is 6.42 Å². The van der Waals surface area contributed by atoms with Crippen molar-refractivity contribution in [2.24, 2.45) is 17.4 Å². The van der Waals surface area contributed by atoms with Gasteiger partial charge >= 0.3 is 0 Å². The summed E-state index contributed by atoms with van der Waals surface area (Å²) in [6.07, 6.45) is 3.44. The van der Waals surface area contributed by atoms with Crippen molar-refractivity contribution in [2.45, 2.75) is 39.2 Å². The largest absolute Gasteiger partial charge is 0.367 e. The Morgan fingerprint density at radius 2 is 2.20 bits per heavy atom. The monoisotopic (exact) mass is 275 g/mol. The molecule has 2 rings (SSSR count). The zero-order valence-corrected chi connectivity index (χ0v) is 12.4. The van der Waals surface area contributed by atoms with Gasteiger partial charge < -0.3 is 16.4 Å². The molecule has 1 saturated heterocycles. The lowest BCUT2D eigenvalue weighted by Crippen LogP contribution is -2.47. The molecular weight excluding hydrogens is 250 g/mol. The zero-order chi connectivity index (χ0) is 14.7. The third-order valence-corrected chi connectivity index (χ3v) is 4.40. The molecule has 4 nitrogen and oxygen atoms in total. The highest BCUT2D eigenvalue weighted by Crippen LogP contribution is 2.32. The molecule has 2 unspecified atom stereocenters.